The largest absolute Gasteiger partial charge is 0.298 e. The molecular formula is C25H26N4. The zero-order chi connectivity index (χ0) is 19.5. The Hall–Kier alpha value is -2.98. The van der Waals surface area contributed by atoms with Crippen LogP contribution in [-0.4, -0.2) is 33.2 Å². The number of hydrogen-bond donors (Lipinski definition) is 1. The zero-order valence-electron chi connectivity index (χ0n) is 16.6. The molecule has 4 heteroatoms. The molecule has 1 atom stereocenters. The van der Waals surface area contributed by atoms with Crippen LogP contribution in [-0.2, 0) is 13.0 Å². The van der Waals surface area contributed by atoms with Crippen LogP contribution in [0.15, 0.2) is 73.1 Å². The van der Waals surface area contributed by atoms with Gasteiger partial charge in [-0.15, -0.1) is 0 Å². The molecular weight excluding hydrogens is 356 g/mol. The molecule has 0 saturated carbocycles. The van der Waals surface area contributed by atoms with E-state index in [4.69, 9.17) is 0 Å². The van der Waals surface area contributed by atoms with E-state index in [1.54, 1.807) is 0 Å². The van der Waals surface area contributed by atoms with Gasteiger partial charge in [-0.05, 0) is 42.1 Å². The quantitative estimate of drug-likeness (QED) is 0.532. The Morgan fingerprint density at radius 1 is 0.966 bits per heavy atom. The number of aromatic amines is 1. The lowest BCUT2D eigenvalue weighted by Crippen LogP contribution is -2.34. The summed E-state index contributed by atoms with van der Waals surface area (Å²) in [5.74, 6) is 0.507. The second-order valence-electron chi connectivity index (χ2n) is 8.04. The van der Waals surface area contributed by atoms with Crippen molar-refractivity contribution in [3.8, 4) is 0 Å². The Kier molecular flexibility index (Phi) is 5.10. The third-order valence-corrected chi connectivity index (χ3v) is 6.01. The molecule has 0 radical (unpaired) electrons. The van der Waals surface area contributed by atoms with E-state index in [2.05, 4.69) is 74.7 Å². The third kappa shape index (κ3) is 3.94. The summed E-state index contributed by atoms with van der Waals surface area (Å²) < 4.78 is 0. The second-order valence-corrected chi connectivity index (χ2v) is 8.04. The van der Waals surface area contributed by atoms with Gasteiger partial charge in [0, 0.05) is 42.7 Å². The number of pyridine rings is 1. The van der Waals surface area contributed by atoms with E-state index >= 15 is 0 Å². The van der Waals surface area contributed by atoms with Crippen LogP contribution in [0.4, 0.5) is 0 Å². The summed E-state index contributed by atoms with van der Waals surface area (Å²) in [4.78, 5) is 7.21. The normalized spacial score (nSPS) is 17.6. The Morgan fingerprint density at radius 3 is 2.79 bits per heavy atom. The SMILES string of the molecule is c1ccc(Cc2cn[nH]c2[C@@H]2CCCN(Cc3cccc4cccnc34)C2)cc1. The molecule has 0 bridgehead atoms. The second kappa shape index (κ2) is 8.18. The van der Waals surface area contributed by atoms with Crippen molar-refractivity contribution in [2.24, 2.45) is 0 Å². The molecule has 146 valence electrons. The fraction of sp³-hybridized carbons (Fsp3) is 0.280. The lowest BCUT2D eigenvalue weighted by molar-refractivity contribution is 0.198. The summed E-state index contributed by atoms with van der Waals surface area (Å²) in [5, 5.41) is 8.93. The van der Waals surface area contributed by atoms with Crippen LogP contribution < -0.4 is 0 Å². The van der Waals surface area contributed by atoms with Gasteiger partial charge >= 0.3 is 0 Å². The van der Waals surface area contributed by atoms with E-state index < -0.39 is 0 Å². The van der Waals surface area contributed by atoms with Crippen molar-refractivity contribution in [1.82, 2.24) is 20.1 Å². The monoisotopic (exact) mass is 382 g/mol. The molecule has 0 spiro atoms. The smallest absolute Gasteiger partial charge is 0.0746 e. The highest BCUT2D eigenvalue weighted by Gasteiger charge is 2.25. The number of para-hydroxylation sites is 1. The number of benzene rings is 2. The van der Waals surface area contributed by atoms with Gasteiger partial charge in [0.25, 0.3) is 0 Å². The van der Waals surface area contributed by atoms with E-state index in [0.717, 1.165) is 31.6 Å². The number of rotatable bonds is 5. The molecule has 3 heterocycles. The average molecular weight is 383 g/mol. The fourth-order valence-electron chi connectivity index (χ4n) is 4.60. The van der Waals surface area contributed by atoms with E-state index in [9.17, 15) is 0 Å². The van der Waals surface area contributed by atoms with Gasteiger partial charge in [0.15, 0.2) is 0 Å². The van der Waals surface area contributed by atoms with Crippen molar-refractivity contribution in [1.29, 1.82) is 0 Å². The highest BCUT2D eigenvalue weighted by Crippen LogP contribution is 2.30. The van der Waals surface area contributed by atoms with Crippen LogP contribution in [0, 0.1) is 0 Å². The van der Waals surface area contributed by atoms with Crippen LogP contribution in [0.1, 0.15) is 41.1 Å². The highest BCUT2D eigenvalue weighted by atomic mass is 15.2. The van der Waals surface area contributed by atoms with Gasteiger partial charge < -0.3 is 0 Å². The minimum Gasteiger partial charge on any atom is -0.298 e. The van der Waals surface area contributed by atoms with Crippen LogP contribution in [0.5, 0.6) is 0 Å². The Balaban J connectivity index is 1.33. The van der Waals surface area contributed by atoms with Crippen molar-refractivity contribution >= 4 is 10.9 Å². The van der Waals surface area contributed by atoms with Crippen molar-refractivity contribution < 1.29 is 0 Å². The van der Waals surface area contributed by atoms with E-state index in [0.29, 0.717) is 5.92 Å². The van der Waals surface area contributed by atoms with Gasteiger partial charge in [-0.1, -0.05) is 54.6 Å². The summed E-state index contributed by atoms with van der Waals surface area (Å²) in [6.07, 6.45) is 7.28. The molecule has 29 heavy (non-hydrogen) atoms. The van der Waals surface area contributed by atoms with E-state index in [1.165, 1.54) is 40.6 Å². The fourth-order valence-corrected chi connectivity index (χ4v) is 4.60. The Labute approximate surface area is 171 Å². The van der Waals surface area contributed by atoms with Gasteiger partial charge in [-0.2, -0.15) is 5.10 Å². The van der Waals surface area contributed by atoms with E-state index in [1.807, 2.05) is 18.5 Å². The number of piperidine rings is 1. The lowest BCUT2D eigenvalue weighted by atomic mass is 9.90. The van der Waals surface area contributed by atoms with E-state index in [-0.39, 0.29) is 0 Å². The Morgan fingerprint density at radius 2 is 1.86 bits per heavy atom. The minimum atomic E-state index is 0.507. The summed E-state index contributed by atoms with van der Waals surface area (Å²) in [6.45, 7) is 3.15. The molecule has 2 aromatic carbocycles. The first-order chi connectivity index (χ1) is 14.4. The van der Waals surface area contributed by atoms with Crippen molar-refractivity contribution in [3.63, 3.8) is 0 Å². The molecule has 1 fully saturated rings. The maximum atomic E-state index is 4.63. The Bertz CT molecular complexity index is 1080. The van der Waals surface area contributed by atoms with Gasteiger partial charge in [-0.25, -0.2) is 0 Å². The van der Waals surface area contributed by atoms with Gasteiger partial charge in [0.05, 0.1) is 11.7 Å². The molecule has 1 N–H and O–H groups in total. The number of nitrogens with one attached hydrogen (secondary N) is 1. The molecule has 2 aromatic heterocycles. The van der Waals surface area contributed by atoms with Crippen LogP contribution >= 0.6 is 0 Å². The molecule has 1 saturated heterocycles. The van der Waals surface area contributed by atoms with Gasteiger partial charge in [0.2, 0.25) is 0 Å². The maximum Gasteiger partial charge on any atom is 0.0746 e. The first kappa shape index (κ1) is 18.1. The van der Waals surface area contributed by atoms with Crippen molar-refractivity contribution in [2.75, 3.05) is 13.1 Å². The summed E-state index contributed by atoms with van der Waals surface area (Å²) >= 11 is 0. The summed E-state index contributed by atoms with van der Waals surface area (Å²) in [7, 11) is 0. The molecule has 1 aliphatic rings. The van der Waals surface area contributed by atoms with Crippen LogP contribution in [0.2, 0.25) is 0 Å². The number of H-pyrrole nitrogens is 1. The van der Waals surface area contributed by atoms with Crippen LogP contribution in [0.3, 0.4) is 0 Å². The van der Waals surface area contributed by atoms with Crippen LogP contribution in [0.25, 0.3) is 10.9 Å². The number of nitrogens with zero attached hydrogens (tertiary/aromatic N) is 3. The molecule has 5 rings (SSSR count). The molecule has 0 aliphatic carbocycles. The summed E-state index contributed by atoms with van der Waals surface area (Å²) in [6, 6.07) is 21.3. The molecule has 0 unspecified atom stereocenters. The van der Waals surface area contributed by atoms with Crippen molar-refractivity contribution in [2.45, 2.75) is 31.7 Å². The molecule has 4 aromatic rings. The predicted octanol–water partition coefficient (Wildman–Crippen LogP) is 4.93. The number of likely N-dealkylation sites (tertiary alicyclic amines) is 1. The standard InChI is InChI=1S/C25H26N4/c1-2-7-19(8-3-1)15-23-16-27-28-25(23)22-12-6-14-29(18-22)17-21-10-4-9-20-11-5-13-26-24(20)21/h1-5,7-11,13,16,22H,6,12,14-15,17-18H2,(H,27,28)/t22-/m1/s1. The topological polar surface area (TPSA) is 44.8 Å². The zero-order valence-corrected chi connectivity index (χ0v) is 16.6. The predicted molar refractivity (Wildman–Crippen MR) is 117 cm³/mol. The van der Waals surface area contributed by atoms with Crippen molar-refractivity contribution in [3.05, 3.63) is 95.4 Å². The molecule has 4 nitrogen and oxygen atoms in total. The third-order valence-electron chi connectivity index (χ3n) is 6.01. The number of fused-ring (bicyclic) bond motifs is 1. The first-order valence-electron chi connectivity index (χ1n) is 10.5. The average Bonchev–Trinajstić information content (AvgIpc) is 3.23. The van der Waals surface area contributed by atoms with Gasteiger partial charge in [-0.3, -0.25) is 15.0 Å². The maximum absolute atomic E-state index is 4.63. The molecule has 0 amide bonds. The first-order valence-corrected chi connectivity index (χ1v) is 10.5. The number of hydrogen-bond acceptors (Lipinski definition) is 3. The molecule has 1 aliphatic heterocycles. The highest BCUT2D eigenvalue weighted by molar-refractivity contribution is 5.81. The lowest BCUT2D eigenvalue weighted by Gasteiger charge is -2.33. The minimum absolute atomic E-state index is 0.507. The number of aromatic nitrogens is 3. The summed E-state index contributed by atoms with van der Waals surface area (Å²) in [5.41, 5.74) is 6.43. The van der Waals surface area contributed by atoms with Gasteiger partial charge in [0.1, 0.15) is 0 Å².